The molecule has 1 amide bonds. The van der Waals surface area contributed by atoms with Crippen LogP contribution >= 0.6 is 11.8 Å². The van der Waals surface area contributed by atoms with Gasteiger partial charge in [-0.25, -0.2) is 4.98 Å². The Morgan fingerprint density at radius 3 is 2.92 bits per heavy atom. The zero-order valence-corrected chi connectivity index (χ0v) is 14.7. The smallest absolute Gasteiger partial charge is 0.223 e. The molecule has 128 valence electrons. The number of hydrogen-bond acceptors (Lipinski definition) is 5. The molecular formula is C18H22N2O3S. The molecule has 0 N–H and O–H groups in total. The van der Waals surface area contributed by atoms with Crippen LogP contribution in [0.4, 0.5) is 0 Å². The molecule has 0 unspecified atom stereocenters. The summed E-state index contributed by atoms with van der Waals surface area (Å²) in [6, 6.07) is 7.64. The van der Waals surface area contributed by atoms with E-state index in [0.717, 1.165) is 42.3 Å². The number of rotatable bonds is 5. The van der Waals surface area contributed by atoms with Crippen molar-refractivity contribution in [3.05, 3.63) is 36.4 Å². The molecule has 0 radical (unpaired) electrons. The van der Waals surface area contributed by atoms with Crippen LogP contribution in [0.5, 0.6) is 5.75 Å². The van der Waals surface area contributed by atoms with Crippen molar-refractivity contribution >= 4 is 17.7 Å². The lowest BCUT2D eigenvalue weighted by Gasteiger charge is -2.19. The van der Waals surface area contributed by atoms with Crippen molar-refractivity contribution in [1.29, 1.82) is 0 Å². The molecule has 1 aliphatic rings. The Labute approximate surface area is 146 Å². The Balaban J connectivity index is 1.56. The number of oxazole rings is 1. The normalized spacial score (nSPS) is 15.1. The quantitative estimate of drug-likeness (QED) is 0.832. The number of nitrogens with zero attached hydrogens (tertiary/aromatic N) is 2. The third-order valence-corrected chi connectivity index (χ3v) is 5.10. The highest BCUT2D eigenvalue weighted by molar-refractivity contribution is 7.99. The Hall–Kier alpha value is -1.95. The lowest BCUT2D eigenvalue weighted by Crippen LogP contribution is -2.33. The molecule has 5 nitrogen and oxygen atoms in total. The van der Waals surface area contributed by atoms with E-state index in [4.69, 9.17) is 9.15 Å². The second-order valence-electron chi connectivity index (χ2n) is 5.69. The van der Waals surface area contributed by atoms with Crippen LogP contribution in [-0.4, -0.2) is 47.5 Å². The lowest BCUT2D eigenvalue weighted by atomic mass is 10.2. The highest BCUT2D eigenvalue weighted by Crippen LogP contribution is 2.23. The third kappa shape index (κ3) is 4.32. The van der Waals surface area contributed by atoms with E-state index in [-0.39, 0.29) is 5.91 Å². The standard InChI is InChI=1S/C18H22N2O3S/c1-22-15-5-3-14(4-6-15)16-13-19-17(23-16)7-8-18(21)20-9-2-11-24-12-10-20/h3-6,13H,2,7-12H2,1H3. The first-order chi connectivity index (χ1) is 11.8. The van der Waals surface area contributed by atoms with Gasteiger partial charge in [0.2, 0.25) is 5.91 Å². The van der Waals surface area contributed by atoms with Gasteiger partial charge in [-0.3, -0.25) is 4.79 Å². The topological polar surface area (TPSA) is 55.6 Å². The zero-order chi connectivity index (χ0) is 16.8. The molecule has 1 aliphatic heterocycles. The molecule has 6 heteroatoms. The monoisotopic (exact) mass is 346 g/mol. The van der Waals surface area contributed by atoms with Crippen LogP contribution < -0.4 is 4.74 Å². The molecule has 1 aromatic heterocycles. The van der Waals surface area contributed by atoms with Gasteiger partial charge in [-0.05, 0) is 36.4 Å². The number of thioether (sulfide) groups is 1. The van der Waals surface area contributed by atoms with E-state index >= 15 is 0 Å². The summed E-state index contributed by atoms with van der Waals surface area (Å²) in [6.45, 7) is 1.72. The van der Waals surface area contributed by atoms with Gasteiger partial charge in [-0.1, -0.05) is 0 Å². The van der Waals surface area contributed by atoms with Crippen molar-refractivity contribution in [3.63, 3.8) is 0 Å². The first-order valence-electron chi connectivity index (χ1n) is 8.21. The minimum absolute atomic E-state index is 0.196. The minimum atomic E-state index is 0.196. The fourth-order valence-corrected chi connectivity index (χ4v) is 3.57. The molecule has 0 saturated carbocycles. The Kier molecular flexibility index (Phi) is 5.80. The molecule has 3 rings (SSSR count). The summed E-state index contributed by atoms with van der Waals surface area (Å²) < 4.78 is 10.9. The van der Waals surface area contributed by atoms with Gasteiger partial charge >= 0.3 is 0 Å². The van der Waals surface area contributed by atoms with Crippen LogP contribution in [0.1, 0.15) is 18.7 Å². The maximum atomic E-state index is 12.3. The largest absolute Gasteiger partial charge is 0.497 e. The minimum Gasteiger partial charge on any atom is -0.497 e. The van der Waals surface area contributed by atoms with Gasteiger partial charge in [0.05, 0.1) is 13.3 Å². The molecule has 2 aromatic rings. The summed E-state index contributed by atoms with van der Waals surface area (Å²) >= 11 is 1.92. The van der Waals surface area contributed by atoms with Crippen molar-refractivity contribution in [3.8, 4) is 17.1 Å². The lowest BCUT2D eigenvalue weighted by molar-refractivity contribution is -0.130. The fraction of sp³-hybridized carbons (Fsp3) is 0.444. The van der Waals surface area contributed by atoms with Crippen molar-refractivity contribution in [1.82, 2.24) is 9.88 Å². The summed E-state index contributed by atoms with van der Waals surface area (Å²) in [5.74, 6) is 4.51. The molecule has 24 heavy (non-hydrogen) atoms. The number of aromatic nitrogens is 1. The van der Waals surface area contributed by atoms with E-state index in [9.17, 15) is 4.79 Å². The van der Waals surface area contributed by atoms with E-state index in [2.05, 4.69) is 4.98 Å². The van der Waals surface area contributed by atoms with E-state index in [1.807, 2.05) is 40.9 Å². The molecular weight excluding hydrogens is 324 g/mol. The molecule has 0 aliphatic carbocycles. The number of hydrogen-bond donors (Lipinski definition) is 0. The first-order valence-corrected chi connectivity index (χ1v) is 9.36. The average molecular weight is 346 g/mol. The van der Waals surface area contributed by atoms with Crippen LogP contribution in [0, 0.1) is 0 Å². The molecule has 1 saturated heterocycles. The predicted molar refractivity (Wildman–Crippen MR) is 95.3 cm³/mol. The Morgan fingerprint density at radius 2 is 2.12 bits per heavy atom. The summed E-state index contributed by atoms with van der Waals surface area (Å²) in [5, 5.41) is 0. The van der Waals surface area contributed by atoms with Crippen LogP contribution in [0.2, 0.25) is 0 Å². The molecule has 0 atom stereocenters. The maximum Gasteiger partial charge on any atom is 0.223 e. The zero-order valence-electron chi connectivity index (χ0n) is 13.9. The van der Waals surface area contributed by atoms with Gasteiger partial charge in [0.15, 0.2) is 11.7 Å². The van der Waals surface area contributed by atoms with Crippen molar-refractivity contribution in [2.24, 2.45) is 0 Å². The van der Waals surface area contributed by atoms with Crippen LogP contribution in [0.3, 0.4) is 0 Å². The van der Waals surface area contributed by atoms with E-state index < -0.39 is 0 Å². The average Bonchev–Trinajstić information content (AvgIpc) is 2.92. The number of benzene rings is 1. The van der Waals surface area contributed by atoms with Crippen molar-refractivity contribution in [2.45, 2.75) is 19.3 Å². The van der Waals surface area contributed by atoms with E-state index in [1.54, 1.807) is 13.3 Å². The van der Waals surface area contributed by atoms with Gasteiger partial charge < -0.3 is 14.1 Å². The Bertz CT molecular complexity index is 661. The van der Waals surface area contributed by atoms with E-state index in [0.29, 0.717) is 24.5 Å². The maximum absolute atomic E-state index is 12.3. The van der Waals surface area contributed by atoms with Crippen LogP contribution in [-0.2, 0) is 11.2 Å². The van der Waals surface area contributed by atoms with Crippen molar-refractivity contribution < 1.29 is 13.9 Å². The third-order valence-electron chi connectivity index (χ3n) is 4.06. The van der Waals surface area contributed by atoms with Gasteiger partial charge in [0.25, 0.3) is 0 Å². The predicted octanol–water partition coefficient (Wildman–Crippen LogP) is 3.25. The van der Waals surface area contributed by atoms with Gasteiger partial charge in [0, 0.05) is 37.2 Å². The van der Waals surface area contributed by atoms with Crippen LogP contribution in [0.15, 0.2) is 34.9 Å². The highest BCUT2D eigenvalue weighted by Gasteiger charge is 2.16. The summed E-state index contributed by atoms with van der Waals surface area (Å²) in [6.07, 6.45) is 3.78. The number of methoxy groups -OCH3 is 1. The van der Waals surface area contributed by atoms with Gasteiger partial charge in [-0.15, -0.1) is 0 Å². The number of carbonyl (C=O) groups is 1. The number of ether oxygens (including phenoxy) is 1. The summed E-state index contributed by atoms with van der Waals surface area (Å²) in [4.78, 5) is 18.6. The van der Waals surface area contributed by atoms with Gasteiger partial charge in [-0.2, -0.15) is 11.8 Å². The number of carbonyl (C=O) groups excluding carboxylic acids is 1. The second kappa shape index (κ2) is 8.24. The van der Waals surface area contributed by atoms with Crippen LogP contribution in [0.25, 0.3) is 11.3 Å². The van der Waals surface area contributed by atoms with Gasteiger partial charge in [0.1, 0.15) is 5.75 Å². The summed E-state index contributed by atoms with van der Waals surface area (Å²) in [7, 11) is 1.64. The Morgan fingerprint density at radius 1 is 1.29 bits per heavy atom. The SMILES string of the molecule is COc1ccc(-c2cnc(CCC(=O)N3CCCSCC3)o2)cc1. The number of aryl methyl sites for hydroxylation is 1. The first kappa shape index (κ1) is 16.9. The number of amides is 1. The molecule has 0 spiro atoms. The molecule has 1 fully saturated rings. The fourth-order valence-electron chi connectivity index (χ4n) is 2.68. The molecule has 1 aromatic carbocycles. The second-order valence-corrected chi connectivity index (χ2v) is 6.92. The molecule has 2 heterocycles. The molecule has 0 bridgehead atoms. The summed E-state index contributed by atoms with van der Waals surface area (Å²) in [5.41, 5.74) is 0.949. The van der Waals surface area contributed by atoms with Crippen molar-refractivity contribution in [2.75, 3.05) is 31.7 Å². The highest BCUT2D eigenvalue weighted by atomic mass is 32.2. The van der Waals surface area contributed by atoms with E-state index in [1.165, 1.54) is 0 Å².